The molecular weight excluding hydrogens is 370 g/mol. The summed E-state index contributed by atoms with van der Waals surface area (Å²) in [5.41, 5.74) is 2.68. The normalized spacial score (nSPS) is 11.8. The van der Waals surface area contributed by atoms with Crippen molar-refractivity contribution in [2.75, 3.05) is 12.9 Å². The molecule has 3 aromatic carbocycles. The van der Waals surface area contributed by atoms with Crippen LogP contribution in [0, 0.1) is 0 Å². The standard InChI is InChI=1S/C23H23NO3S/c1-16(20-12-11-18-5-3-4-6-21(18)13-20)24-22(25)15-28-14-17-7-9-19(10-8-17)23(26)27-2/h3-13,16H,14-15H2,1-2H3,(H,24,25)/t16-/m1/s1. The minimum Gasteiger partial charge on any atom is -0.465 e. The quantitative estimate of drug-likeness (QED) is 0.589. The van der Waals surface area contributed by atoms with Crippen molar-refractivity contribution < 1.29 is 14.3 Å². The molecule has 0 heterocycles. The maximum Gasteiger partial charge on any atom is 0.337 e. The molecule has 1 amide bonds. The second-order valence-corrected chi connectivity index (χ2v) is 7.56. The average molecular weight is 394 g/mol. The Morgan fingerprint density at radius 2 is 1.71 bits per heavy atom. The van der Waals surface area contributed by atoms with Crippen molar-refractivity contribution >= 4 is 34.4 Å². The molecule has 3 rings (SSSR count). The number of amides is 1. The van der Waals surface area contributed by atoms with Crippen LogP contribution < -0.4 is 5.32 Å². The SMILES string of the molecule is COC(=O)c1ccc(CSCC(=O)N[C@H](C)c2ccc3ccccc3c2)cc1. The van der Waals surface area contributed by atoms with Crippen LogP contribution in [0.4, 0.5) is 0 Å². The molecule has 0 aliphatic carbocycles. The van der Waals surface area contributed by atoms with E-state index in [4.69, 9.17) is 0 Å². The van der Waals surface area contributed by atoms with Gasteiger partial charge < -0.3 is 10.1 Å². The molecule has 0 aliphatic rings. The van der Waals surface area contributed by atoms with Crippen LogP contribution in [0.1, 0.15) is 34.5 Å². The summed E-state index contributed by atoms with van der Waals surface area (Å²) in [7, 11) is 1.36. The van der Waals surface area contributed by atoms with Gasteiger partial charge in [-0.3, -0.25) is 4.79 Å². The lowest BCUT2D eigenvalue weighted by Gasteiger charge is -2.15. The van der Waals surface area contributed by atoms with Crippen LogP contribution in [0.2, 0.25) is 0 Å². The fraction of sp³-hybridized carbons (Fsp3) is 0.217. The fourth-order valence-electron chi connectivity index (χ4n) is 2.96. The number of carbonyl (C=O) groups excluding carboxylic acids is 2. The lowest BCUT2D eigenvalue weighted by molar-refractivity contribution is -0.119. The lowest BCUT2D eigenvalue weighted by Crippen LogP contribution is -2.28. The molecule has 0 saturated carbocycles. The highest BCUT2D eigenvalue weighted by Gasteiger charge is 2.10. The molecule has 1 atom stereocenters. The number of esters is 1. The molecule has 0 saturated heterocycles. The van der Waals surface area contributed by atoms with Gasteiger partial charge in [0, 0.05) is 5.75 Å². The Morgan fingerprint density at radius 3 is 2.43 bits per heavy atom. The zero-order chi connectivity index (χ0) is 19.9. The first-order valence-corrected chi connectivity index (χ1v) is 10.3. The van der Waals surface area contributed by atoms with E-state index in [-0.39, 0.29) is 17.9 Å². The summed E-state index contributed by atoms with van der Waals surface area (Å²) in [5, 5.41) is 5.42. The summed E-state index contributed by atoms with van der Waals surface area (Å²) < 4.78 is 4.69. The van der Waals surface area contributed by atoms with Gasteiger partial charge in [0.15, 0.2) is 0 Å². The highest BCUT2D eigenvalue weighted by atomic mass is 32.2. The van der Waals surface area contributed by atoms with Gasteiger partial charge in [0.25, 0.3) is 0 Å². The minimum atomic E-state index is -0.346. The zero-order valence-corrected chi connectivity index (χ0v) is 16.8. The van der Waals surface area contributed by atoms with Gasteiger partial charge in [-0.25, -0.2) is 4.79 Å². The van der Waals surface area contributed by atoms with E-state index in [9.17, 15) is 9.59 Å². The van der Waals surface area contributed by atoms with E-state index >= 15 is 0 Å². The number of thioether (sulfide) groups is 1. The molecule has 0 aromatic heterocycles. The molecule has 4 nitrogen and oxygen atoms in total. The average Bonchev–Trinajstić information content (AvgIpc) is 2.73. The van der Waals surface area contributed by atoms with Gasteiger partial charge in [0.1, 0.15) is 0 Å². The van der Waals surface area contributed by atoms with E-state index in [1.807, 2.05) is 31.2 Å². The monoisotopic (exact) mass is 393 g/mol. The van der Waals surface area contributed by atoms with Gasteiger partial charge >= 0.3 is 5.97 Å². The molecule has 0 aliphatic heterocycles. The van der Waals surface area contributed by atoms with E-state index in [0.717, 1.165) is 11.1 Å². The number of hydrogen-bond acceptors (Lipinski definition) is 4. The molecule has 0 bridgehead atoms. The molecular formula is C23H23NO3S. The fourth-order valence-corrected chi connectivity index (χ4v) is 3.76. The summed E-state index contributed by atoms with van der Waals surface area (Å²) in [4.78, 5) is 23.7. The van der Waals surface area contributed by atoms with Crippen LogP contribution in [-0.4, -0.2) is 24.7 Å². The van der Waals surface area contributed by atoms with Crippen molar-refractivity contribution in [1.82, 2.24) is 5.32 Å². The number of nitrogens with one attached hydrogen (secondary N) is 1. The predicted molar refractivity (Wildman–Crippen MR) is 114 cm³/mol. The third kappa shape index (κ3) is 5.14. The predicted octanol–water partition coefficient (Wildman–Crippen LogP) is 4.74. The van der Waals surface area contributed by atoms with Crippen molar-refractivity contribution in [1.29, 1.82) is 0 Å². The van der Waals surface area contributed by atoms with E-state index in [2.05, 4.69) is 40.4 Å². The van der Waals surface area contributed by atoms with Crippen molar-refractivity contribution in [3.8, 4) is 0 Å². The van der Waals surface area contributed by atoms with Gasteiger partial charge in [-0.15, -0.1) is 11.8 Å². The first-order chi connectivity index (χ1) is 13.6. The van der Waals surface area contributed by atoms with Gasteiger partial charge in [-0.05, 0) is 47.0 Å². The minimum absolute atomic E-state index is 0.0110. The number of methoxy groups -OCH3 is 1. The smallest absolute Gasteiger partial charge is 0.337 e. The number of carbonyl (C=O) groups is 2. The van der Waals surface area contributed by atoms with E-state index in [1.165, 1.54) is 17.9 Å². The number of hydrogen-bond donors (Lipinski definition) is 1. The maximum absolute atomic E-state index is 12.3. The van der Waals surface area contributed by atoms with E-state index in [1.54, 1.807) is 23.9 Å². The van der Waals surface area contributed by atoms with Crippen LogP contribution in [0.15, 0.2) is 66.7 Å². The molecule has 1 N–H and O–H groups in total. The highest BCUT2D eigenvalue weighted by molar-refractivity contribution is 7.99. The summed E-state index contributed by atoms with van der Waals surface area (Å²) in [5.74, 6) is 0.758. The van der Waals surface area contributed by atoms with Crippen LogP contribution in [0.3, 0.4) is 0 Å². The van der Waals surface area contributed by atoms with Crippen molar-refractivity contribution in [3.05, 3.63) is 83.4 Å². The first kappa shape index (κ1) is 20.0. The molecule has 3 aromatic rings. The second kappa shape index (κ2) is 9.42. The summed E-state index contributed by atoms with van der Waals surface area (Å²) in [6.07, 6.45) is 0. The Hall–Kier alpha value is -2.79. The number of benzene rings is 3. The molecule has 0 unspecified atom stereocenters. The Balaban J connectivity index is 1.48. The van der Waals surface area contributed by atoms with Crippen molar-refractivity contribution in [2.45, 2.75) is 18.7 Å². The largest absolute Gasteiger partial charge is 0.465 e. The Bertz CT molecular complexity index is 969. The highest BCUT2D eigenvalue weighted by Crippen LogP contribution is 2.20. The summed E-state index contributed by atoms with van der Waals surface area (Å²) in [6, 6.07) is 21.7. The Morgan fingerprint density at radius 1 is 1.00 bits per heavy atom. The summed E-state index contributed by atoms with van der Waals surface area (Å²) >= 11 is 1.55. The molecule has 28 heavy (non-hydrogen) atoms. The number of fused-ring (bicyclic) bond motifs is 1. The Labute approximate surface area is 169 Å². The molecule has 144 valence electrons. The lowest BCUT2D eigenvalue weighted by atomic mass is 10.0. The third-order valence-corrected chi connectivity index (χ3v) is 5.53. The van der Waals surface area contributed by atoms with Crippen molar-refractivity contribution in [2.24, 2.45) is 0 Å². The second-order valence-electron chi connectivity index (χ2n) is 6.58. The molecule has 5 heteroatoms. The van der Waals surface area contributed by atoms with Crippen LogP contribution in [-0.2, 0) is 15.3 Å². The topological polar surface area (TPSA) is 55.4 Å². The molecule has 0 spiro atoms. The van der Waals surface area contributed by atoms with Crippen molar-refractivity contribution in [3.63, 3.8) is 0 Å². The third-order valence-electron chi connectivity index (χ3n) is 4.53. The summed E-state index contributed by atoms with van der Waals surface area (Å²) in [6.45, 7) is 2.00. The van der Waals surface area contributed by atoms with Gasteiger partial charge in [-0.2, -0.15) is 0 Å². The van der Waals surface area contributed by atoms with Crippen LogP contribution >= 0.6 is 11.8 Å². The van der Waals surface area contributed by atoms with Crippen LogP contribution in [0.5, 0.6) is 0 Å². The van der Waals surface area contributed by atoms with Gasteiger partial charge in [0.05, 0.1) is 24.5 Å². The number of rotatable bonds is 7. The molecule has 0 radical (unpaired) electrons. The zero-order valence-electron chi connectivity index (χ0n) is 16.0. The first-order valence-electron chi connectivity index (χ1n) is 9.10. The maximum atomic E-state index is 12.3. The van der Waals surface area contributed by atoms with E-state index in [0.29, 0.717) is 17.1 Å². The molecule has 0 fully saturated rings. The van der Waals surface area contributed by atoms with E-state index < -0.39 is 0 Å². The van der Waals surface area contributed by atoms with Gasteiger partial charge in [-0.1, -0.05) is 48.5 Å². The van der Waals surface area contributed by atoms with Crippen LogP contribution in [0.25, 0.3) is 10.8 Å². The number of ether oxygens (including phenoxy) is 1. The van der Waals surface area contributed by atoms with Gasteiger partial charge in [0.2, 0.25) is 5.91 Å². The Kier molecular flexibility index (Phi) is 6.71.